The average molecular weight is 256 g/mol. The Kier molecular flexibility index (Phi) is 7.30. The van der Waals surface area contributed by atoms with Crippen molar-refractivity contribution in [1.82, 2.24) is 0 Å². The highest BCUT2D eigenvalue weighted by molar-refractivity contribution is 14.1. The Morgan fingerprint density at radius 1 is 1.11 bits per heavy atom. The Labute approximate surface area is 69.8 Å². The van der Waals surface area contributed by atoms with Gasteiger partial charge in [0.1, 0.15) is 0 Å². The summed E-state index contributed by atoms with van der Waals surface area (Å²) in [7, 11) is 0. The molecule has 9 heavy (non-hydrogen) atoms. The number of hydrogen-bond acceptors (Lipinski definition) is 2. The van der Waals surface area contributed by atoms with E-state index in [1.165, 1.54) is 4.22 Å². The second kappa shape index (κ2) is 7.62. The first-order valence-corrected chi connectivity index (χ1v) is 3.27. The molecule has 0 saturated carbocycles. The molecule has 8 heteroatoms. The molecule has 0 aliphatic rings. The molecule has 0 aromatic heterocycles. The summed E-state index contributed by atoms with van der Waals surface area (Å²) in [4.78, 5) is 0. The average Bonchev–Trinajstić information content (AvgIpc) is 1.89. The van der Waals surface area contributed by atoms with Gasteiger partial charge in [-0.05, 0) is 43.5 Å². The molecule has 0 bridgehead atoms. The van der Waals surface area contributed by atoms with Gasteiger partial charge in [0.05, 0.1) is 16.6 Å². The summed E-state index contributed by atoms with van der Waals surface area (Å²) in [5.74, 6) is 0. The zero-order valence-corrected chi connectivity index (χ0v) is 7.02. The molecule has 0 amide bonds. The summed E-state index contributed by atoms with van der Waals surface area (Å²) in [5, 5.41) is 15.5. The van der Waals surface area contributed by atoms with E-state index in [2.05, 4.69) is 42.9 Å². The van der Waals surface area contributed by atoms with Gasteiger partial charge < -0.3 is 0 Å². The minimum atomic E-state index is 1.43. The van der Waals surface area contributed by atoms with Crippen molar-refractivity contribution in [3.8, 4) is 0 Å². The minimum Gasteiger partial charge on any atom is -0.131 e. The molecule has 0 N–H and O–H groups in total. The summed E-state index contributed by atoms with van der Waals surface area (Å²) < 4.78 is 4.30. The predicted molar refractivity (Wildman–Crippen MR) is 42.0 cm³/mol. The van der Waals surface area contributed by atoms with Crippen molar-refractivity contribution in [2.24, 2.45) is 30.5 Å². The first-order chi connectivity index (χ1) is 4.41. The van der Waals surface area contributed by atoms with Crippen molar-refractivity contribution in [2.45, 2.75) is 0 Å². The summed E-state index contributed by atoms with van der Waals surface area (Å²) in [6.07, 6.45) is 0. The van der Waals surface area contributed by atoms with Crippen LogP contribution in [0.4, 0.5) is 0 Å². The Morgan fingerprint density at radius 2 is 1.78 bits per heavy atom. The van der Waals surface area contributed by atoms with E-state index in [4.69, 9.17) is 0 Å². The van der Waals surface area contributed by atoms with Crippen molar-refractivity contribution >= 4 is 39.2 Å². The lowest BCUT2D eigenvalue weighted by Gasteiger charge is -1.65. The van der Waals surface area contributed by atoms with Gasteiger partial charge >= 0.3 is 0 Å². The van der Waals surface area contributed by atoms with Crippen molar-refractivity contribution < 1.29 is 0 Å². The fourth-order valence-electron chi connectivity index (χ4n) is 0.0947. The molecule has 0 rings (SSSR count). The minimum absolute atomic E-state index is 1.43. The fraction of sp³-hybridized carbons (Fsp3) is 0. The van der Waals surface area contributed by atoms with Gasteiger partial charge in [-0.15, -0.1) is 5.10 Å². The third-order valence-electron chi connectivity index (χ3n) is 0.252. The first kappa shape index (κ1) is 8.62. The molecule has 0 spiro atoms. The van der Waals surface area contributed by atoms with Crippen LogP contribution in [-0.4, -0.2) is 4.22 Å². The van der Waals surface area contributed by atoms with Crippen LogP contribution in [0.3, 0.4) is 0 Å². The van der Waals surface area contributed by atoms with E-state index < -0.39 is 0 Å². The van der Waals surface area contributed by atoms with Crippen LogP contribution in [0.25, 0.3) is 0 Å². The van der Waals surface area contributed by atoms with Crippen molar-refractivity contribution in [3.63, 3.8) is 0 Å². The molecule has 0 radical (unpaired) electrons. The van der Waals surface area contributed by atoms with E-state index in [9.17, 15) is 0 Å². The van der Waals surface area contributed by atoms with Gasteiger partial charge in [0.2, 0.25) is 0 Å². The zero-order chi connectivity index (χ0) is 6.95. The van der Waals surface area contributed by atoms with Gasteiger partial charge in [0.15, 0.2) is 0 Å². The van der Waals surface area contributed by atoms with Crippen molar-refractivity contribution in [1.29, 1.82) is 0 Å². The molecule has 48 valence electrons. The monoisotopic (exact) mass is 256 g/mol. The maximum Gasteiger partial charge on any atom is 0.0897 e. The second-order valence-corrected chi connectivity index (χ2v) is 1.37. The van der Waals surface area contributed by atoms with E-state index in [1.807, 2.05) is 22.6 Å². The molecule has 0 unspecified atom stereocenters. The van der Waals surface area contributed by atoms with Gasteiger partial charge in [0.25, 0.3) is 0 Å². The Balaban J connectivity index is 3.46. The van der Waals surface area contributed by atoms with Crippen molar-refractivity contribution in [3.05, 3.63) is 0 Å². The molecule has 0 aromatic carbocycles. The molecule has 0 fully saturated rings. The normalized spacial score (nSPS) is 12.1. The molecule has 0 atom stereocenters. The largest absolute Gasteiger partial charge is 0.131 e. The Morgan fingerprint density at radius 3 is 2.33 bits per heavy atom. The molecule has 0 aromatic rings. The highest BCUT2D eigenvalue weighted by Gasteiger charge is 1.61. The lowest BCUT2D eigenvalue weighted by atomic mass is 11.7. The predicted octanol–water partition coefficient (Wildman–Crippen LogP) is 1.83. The molecular formula is CHIN6S. The third kappa shape index (κ3) is 7.62. The van der Waals surface area contributed by atoms with Gasteiger partial charge in [-0.3, -0.25) is 0 Å². The molecule has 0 aliphatic carbocycles. The maximum atomic E-state index is 4.05. The zero-order valence-electron chi connectivity index (χ0n) is 4.05. The van der Waals surface area contributed by atoms with Gasteiger partial charge in [-0.2, -0.15) is 0 Å². The lowest BCUT2D eigenvalue weighted by Crippen LogP contribution is -1.47. The third-order valence-corrected chi connectivity index (χ3v) is 0.574. The van der Waals surface area contributed by atoms with E-state index in [-0.39, 0.29) is 0 Å². The van der Waals surface area contributed by atoms with Crippen LogP contribution in [0.5, 0.6) is 0 Å². The van der Waals surface area contributed by atoms with E-state index in [0.29, 0.717) is 0 Å². The van der Waals surface area contributed by atoms with Gasteiger partial charge in [0, 0.05) is 0 Å². The highest BCUT2D eigenvalue weighted by atomic mass is 127. The van der Waals surface area contributed by atoms with Gasteiger partial charge in [-0.1, -0.05) is 4.47 Å². The topological polar surface area (TPSA) is 74.2 Å². The Hall–Kier alpha value is -0.380. The lowest BCUT2D eigenvalue weighted by molar-refractivity contribution is 0.863. The number of halogens is 1. The van der Waals surface area contributed by atoms with Crippen LogP contribution >= 0.6 is 22.6 Å². The SMILES string of the molecule is S=N/N=N/N=N/N=C/I. The first-order valence-electron chi connectivity index (χ1n) is 1.66. The summed E-state index contributed by atoms with van der Waals surface area (Å²) >= 11 is 5.94. The van der Waals surface area contributed by atoms with Crippen LogP contribution in [0.15, 0.2) is 30.5 Å². The molecule has 0 heterocycles. The second-order valence-electron chi connectivity index (χ2n) is 0.652. The highest BCUT2D eigenvalue weighted by Crippen LogP contribution is 1.81. The smallest absolute Gasteiger partial charge is 0.0897 e. The van der Waals surface area contributed by atoms with E-state index >= 15 is 0 Å². The Bertz CT molecular complexity index is 149. The molecular weight excluding hydrogens is 255 g/mol. The van der Waals surface area contributed by atoms with E-state index in [0.717, 1.165) is 0 Å². The molecule has 6 nitrogen and oxygen atoms in total. The summed E-state index contributed by atoms with van der Waals surface area (Å²) in [6, 6.07) is 0. The van der Waals surface area contributed by atoms with Crippen LogP contribution < -0.4 is 0 Å². The van der Waals surface area contributed by atoms with Crippen LogP contribution in [0, 0.1) is 0 Å². The maximum absolute atomic E-state index is 4.05. The van der Waals surface area contributed by atoms with Crippen LogP contribution in [-0.2, 0) is 12.4 Å². The number of nitrogens with zero attached hydrogens (tertiary/aromatic N) is 6. The molecule has 0 aliphatic heterocycles. The van der Waals surface area contributed by atoms with Crippen LogP contribution in [0.1, 0.15) is 0 Å². The summed E-state index contributed by atoms with van der Waals surface area (Å²) in [5.41, 5.74) is 0. The van der Waals surface area contributed by atoms with E-state index in [1.54, 1.807) is 0 Å². The molecule has 0 saturated heterocycles. The summed E-state index contributed by atoms with van der Waals surface area (Å²) in [6.45, 7) is 0. The van der Waals surface area contributed by atoms with Crippen molar-refractivity contribution in [2.75, 3.05) is 0 Å². The quantitative estimate of drug-likeness (QED) is 0.328. The standard InChI is InChI=1S/CHIN6S/c2-1-3-4-5-6-7-8-9/h1H/b3-1+,5-4+,7-6+. The van der Waals surface area contributed by atoms with Crippen LogP contribution in [0.2, 0.25) is 0 Å². The fourth-order valence-corrected chi connectivity index (χ4v) is 0.239. The number of hydrogen-bond donors (Lipinski definition) is 0. The number of rotatable bonds is 3. The van der Waals surface area contributed by atoms with Gasteiger partial charge in [-0.25, -0.2) is 0 Å².